The fraction of sp³-hybridized carbons (Fsp3) is 0.417. The van der Waals surface area contributed by atoms with Gasteiger partial charge in [0.15, 0.2) is 5.54 Å². The molecule has 0 radical (unpaired) electrons. The first-order valence-electron chi connectivity index (χ1n) is 5.68. The molecule has 1 aromatic heterocycles. The maximum Gasteiger partial charge on any atom is 0.322 e. The Balaban J connectivity index is 2.24. The SMILES string of the molecule is CC(C)Oc1ccc([C@@]2(C)NC(=O)NC2=O)nc1. The largest absolute Gasteiger partial charge is 0.489 e. The Morgan fingerprint density at radius 1 is 1.33 bits per heavy atom. The van der Waals surface area contributed by atoms with Gasteiger partial charge in [0.05, 0.1) is 18.0 Å². The first-order valence-corrected chi connectivity index (χ1v) is 5.68. The molecule has 2 rings (SSSR count). The summed E-state index contributed by atoms with van der Waals surface area (Å²) in [6.45, 7) is 5.44. The second kappa shape index (κ2) is 4.29. The number of carbonyl (C=O) groups excluding carboxylic acids is 2. The number of ether oxygens (including phenoxy) is 1. The van der Waals surface area contributed by atoms with Crippen LogP contribution in [0.25, 0.3) is 0 Å². The molecule has 6 nitrogen and oxygen atoms in total. The number of amides is 3. The van der Waals surface area contributed by atoms with E-state index in [-0.39, 0.29) is 6.10 Å². The highest BCUT2D eigenvalue weighted by atomic mass is 16.5. The number of hydrogen-bond donors (Lipinski definition) is 2. The highest BCUT2D eigenvalue weighted by Gasteiger charge is 2.44. The molecule has 0 aromatic carbocycles. The summed E-state index contributed by atoms with van der Waals surface area (Å²) in [6, 6.07) is 2.89. The van der Waals surface area contributed by atoms with E-state index in [4.69, 9.17) is 4.74 Å². The summed E-state index contributed by atoms with van der Waals surface area (Å²) < 4.78 is 5.46. The van der Waals surface area contributed by atoms with E-state index >= 15 is 0 Å². The lowest BCUT2D eigenvalue weighted by Gasteiger charge is -2.20. The van der Waals surface area contributed by atoms with Crippen molar-refractivity contribution in [3.8, 4) is 5.75 Å². The molecule has 0 bridgehead atoms. The van der Waals surface area contributed by atoms with Crippen LogP contribution < -0.4 is 15.4 Å². The fourth-order valence-electron chi connectivity index (χ4n) is 1.74. The predicted octanol–water partition coefficient (Wildman–Crippen LogP) is 0.923. The van der Waals surface area contributed by atoms with E-state index in [2.05, 4.69) is 15.6 Å². The number of imide groups is 1. The predicted molar refractivity (Wildman–Crippen MR) is 64.0 cm³/mol. The number of hydrogen-bond acceptors (Lipinski definition) is 4. The zero-order valence-corrected chi connectivity index (χ0v) is 10.5. The molecular formula is C12H15N3O3. The maximum atomic E-state index is 11.7. The van der Waals surface area contributed by atoms with Crippen molar-refractivity contribution >= 4 is 11.9 Å². The molecule has 2 N–H and O–H groups in total. The van der Waals surface area contributed by atoms with Crippen molar-refractivity contribution in [1.82, 2.24) is 15.6 Å². The van der Waals surface area contributed by atoms with Crippen molar-refractivity contribution in [2.75, 3.05) is 0 Å². The van der Waals surface area contributed by atoms with E-state index in [0.29, 0.717) is 11.4 Å². The van der Waals surface area contributed by atoms with E-state index in [1.54, 1.807) is 25.3 Å². The van der Waals surface area contributed by atoms with Crippen LogP contribution in [0.1, 0.15) is 26.5 Å². The van der Waals surface area contributed by atoms with E-state index in [1.807, 2.05) is 13.8 Å². The molecule has 1 aromatic rings. The van der Waals surface area contributed by atoms with Gasteiger partial charge in [-0.3, -0.25) is 15.1 Å². The molecule has 1 saturated heterocycles. The topological polar surface area (TPSA) is 80.3 Å². The third-order valence-corrected chi connectivity index (χ3v) is 2.67. The minimum absolute atomic E-state index is 0.0581. The van der Waals surface area contributed by atoms with Crippen molar-refractivity contribution in [2.45, 2.75) is 32.4 Å². The van der Waals surface area contributed by atoms with Gasteiger partial charge in [0.2, 0.25) is 0 Å². The number of aromatic nitrogens is 1. The highest BCUT2D eigenvalue weighted by Crippen LogP contribution is 2.24. The number of nitrogens with one attached hydrogen (secondary N) is 2. The van der Waals surface area contributed by atoms with Crippen LogP contribution in [-0.2, 0) is 10.3 Å². The molecule has 2 heterocycles. The quantitative estimate of drug-likeness (QED) is 0.781. The third-order valence-electron chi connectivity index (χ3n) is 2.67. The van der Waals surface area contributed by atoms with Crippen molar-refractivity contribution in [3.05, 3.63) is 24.0 Å². The van der Waals surface area contributed by atoms with Crippen LogP contribution in [0.2, 0.25) is 0 Å². The summed E-state index contributed by atoms with van der Waals surface area (Å²) in [5.74, 6) is 0.222. The summed E-state index contributed by atoms with van der Waals surface area (Å²) in [5.41, 5.74) is -0.644. The van der Waals surface area contributed by atoms with E-state index in [1.165, 1.54) is 0 Å². The summed E-state index contributed by atoms with van der Waals surface area (Å²) >= 11 is 0. The minimum atomic E-state index is -1.12. The Morgan fingerprint density at radius 2 is 2.06 bits per heavy atom. The van der Waals surface area contributed by atoms with Crippen molar-refractivity contribution < 1.29 is 14.3 Å². The van der Waals surface area contributed by atoms with Gasteiger partial charge in [0.1, 0.15) is 5.75 Å². The van der Waals surface area contributed by atoms with E-state index in [0.717, 1.165) is 0 Å². The van der Waals surface area contributed by atoms with Crippen LogP contribution in [0, 0.1) is 0 Å². The molecule has 1 fully saturated rings. The van der Waals surface area contributed by atoms with Crippen molar-refractivity contribution in [2.24, 2.45) is 0 Å². The van der Waals surface area contributed by atoms with E-state index < -0.39 is 17.5 Å². The smallest absolute Gasteiger partial charge is 0.322 e. The summed E-state index contributed by atoms with van der Waals surface area (Å²) in [5, 5.41) is 4.75. The van der Waals surface area contributed by atoms with Crippen LogP contribution in [-0.4, -0.2) is 23.0 Å². The lowest BCUT2D eigenvalue weighted by molar-refractivity contribution is -0.123. The molecule has 3 amide bonds. The van der Waals surface area contributed by atoms with Gasteiger partial charge < -0.3 is 10.1 Å². The molecule has 0 spiro atoms. The molecule has 1 aliphatic heterocycles. The van der Waals surface area contributed by atoms with Gasteiger partial charge in [-0.1, -0.05) is 0 Å². The Hall–Kier alpha value is -2.11. The number of urea groups is 1. The lowest BCUT2D eigenvalue weighted by Crippen LogP contribution is -2.41. The number of carbonyl (C=O) groups is 2. The first kappa shape index (κ1) is 12.3. The molecule has 0 unspecified atom stereocenters. The van der Waals surface area contributed by atoms with Gasteiger partial charge in [-0.25, -0.2) is 4.79 Å². The minimum Gasteiger partial charge on any atom is -0.489 e. The van der Waals surface area contributed by atoms with Gasteiger partial charge >= 0.3 is 6.03 Å². The van der Waals surface area contributed by atoms with Gasteiger partial charge in [0, 0.05) is 0 Å². The molecule has 6 heteroatoms. The normalized spacial score (nSPS) is 22.9. The molecular weight excluding hydrogens is 234 g/mol. The second-order valence-electron chi connectivity index (χ2n) is 4.58. The van der Waals surface area contributed by atoms with Crippen LogP contribution in [0.5, 0.6) is 5.75 Å². The number of rotatable bonds is 3. The summed E-state index contributed by atoms with van der Waals surface area (Å²) in [7, 11) is 0. The molecule has 96 valence electrons. The molecule has 0 saturated carbocycles. The van der Waals surface area contributed by atoms with Gasteiger partial charge in [-0.15, -0.1) is 0 Å². The first-order chi connectivity index (χ1) is 8.41. The standard InChI is InChI=1S/C12H15N3O3/c1-7(2)18-8-4-5-9(13-6-8)12(3)10(16)14-11(17)15-12/h4-7H,1-3H3,(H2,14,15,16,17)/t12-/m1/s1. The zero-order chi connectivity index (χ0) is 13.3. The lowest BCUT2D eigenvalue weighted by atomic mass is 9.98. The van der Waals surface area contributed by atoms with Gasteiger partial charge in [-0.2, -0.15) is 0 Å². The van der Waals surface area contributed by atoms with Crippen LogP contribution >= 0.6 is 0 Å². The molecule has 0 aliphatic carbocycles. The van der Waals surface area contributed by atoms with Crippen LogP contribution in [0.15, 0.2) is 18.3 Å². The Kier molecular flexibility index (Phi) is 2.94. The third kappa shape index (κ3) is 2.13. The Morgan fingerprint density at radius 3 is 2.50 bits per heavy atom. The number of nitrogens with zero attached hydrogens (tertiary/aromatic N) is 1. The summed E-state index contributed by atoms with van der Waals surface area (Å²) in [4.78, 5) is 27.0. The Bertz CT molecular complexity index is 484. The maximum absolute atomic E-state index is 11.7. The second-order valence-corrected chi connectivity index (χ2v) is 4.58. The zero-order valence-electron chi connectivity index (χ0n) is 10.5. The molecule has 1 atom stereocenters. The Labute approximate surface area is 105 Å². The van der Waals surface area contributed by atoms with Crippen molar-refractivity contribution in [3.63, 3.8) is 0 Å². The van der Waals surface area contributed by atoms with Gasteiger partial charge in [0.25, 0.3) is 5.91 Å². The summed E-state index contributed by atoms with van der Waals surface area (Å²) in [6.07, 6.45) is 1.60. The monoisotopic (exact) mass is 249 g/mol. The average Bonchev–Trinajstić information content (AvgIpc) is 2.53. The average molecular weight is 249 g/mol. The fourth-order valence-corrected chi connectivity index (χ4v) is 1.74. The number of pyridine rings is 1. The van der Waals surface area contributed by atoms with Crippen molar-refractivity contribution in [1.29, 1.82) is 0 Å². The van der Waals surface area contributed by atoms with E-state index in [9.17, 15) is 9.59 Å². The van der Waals surface area contributed by atoms with Crippen LogP contribution in [0.4, 0.5) is 4.79 Å². The molecule has 18 heavy (non-hydrogen) atoms. The highest BCUT2D eigenvalue weighted by molar-refractivity contribution is 6.06. The van der Waals surface area contributed by atoms with Gasteiger partial charge in [-0.05, 0) is 32.9 Å². The molecule has 1 aliphatic rings. The van der Waals surface area contributed by atoms with Crippen LogP contribution in [0.3, 0.4) is 0 Å².